The average Bonchev–Trinajstić information content (AvgIpc) is 3.60. The molecule has 5 rings (SSSR count). The van der Waals surface area contributed by atoms with Gasteiger partial charge in [-0.2, -0.15) is 0 Å². The summed E-state index contributed by atoms with van der Waals surface area (Å²) in [5.41, 5.74) is 1.54. The van der Waals surface area contributed by atoms with Crippen molar-refractivity contribution < 1.29 is 28.6 Å². The van der Waals surface area contributed by atoms with Gasteiger partial charge in [0.15, 0.2) is 12.2 Å². The molecule has 2 aromatic carbocycles. The Bertz CT molecular complexity index is 1250. The van der Waals surface area contributed by atoms with E-state index in [0.29, 0.717) is 54.4 Å². The van der Waals surface area contributed by atoms with Crippen LogP contribution >= 0.6 is 11.6 Å². The summed E-state index contributed by atoms with van der Waals surface area (Å²) < 4.78 is 16.0. The Kier molecular flexibility index (Phi) is 9.67. The van der Waals surface area contributed by atoms with Crippen molar-refractivity contribution >= 4 is 23.6 Å². The highest BCUT2D eigenvalue weighted by atomic mass is 35.5. The quantitative estimate of drug-likeness (QED) is 0.414. The standard InChI is InChI=1S/C21H22ClN3O4.C7H11NO2/c1-25(2)7-8-28-19-10-16(20-12-23-13-29-20)18(26)9-17(19)21(27)24-11-14-3-5-15(22)6-4-14;9-7-8-4-2-1-3-6(8)5-10-7/h3-6,9-10,12-13,26H,7-8,11H2,1-2H3,(H,24,27);6H,1-5H2. The maximum atomic E-state index is 12.8. The number of nitrogens with zero attached hydrogens (tertiary/aromatic N) is 3. The predicted octanol–water partition coefficient (Wildman–Crippen LogP) is 4.56. The molecule has 0 radical (unpaired) electrons. The van der Waals surface area contributed by atoms with E-state index < -0.39 is 0 Å². The third-order valence-corrected chi connectivity index (χ3v) is 6.72. The van der Waals surface area contributed by atoms with Crippen LogP contribution in [0.4, 0.5) is 4.79 Å². The number of ether oxygens (including phenoxy) is 2. The molecule has 2 saturated heterocycles. The Balaban J connectivity index is 0.000000292. The molecular formula is C28H33ClN4O6. The molecule has 0 spiro atoms. The van der Waals surface area contributed by atoms with Gasteiger partial charge in [0.2, 0.25) is 0 Å². The Labute approximate surface area is 232 Å². The van der Waals surface area contributed by atoms with Gasteiger partial charge in [-0.25, -0.2) is 9.78 Å². The summed E-state index contributed by atoms with van der Waals surface area (Å²) in [5, 5.41) is 13.9. The van der Waals surface area contributed by atoms with Crippen LogP contribution in [0, 0.1) is 0 Å². The van der Waals surface area contributed by atoms with Gasteiger partial charge < -0.3 is 34.1 Å². The minimum absolute atomic E-state index is 0.0987. The lowest BCUT2D eigenvalue weighted by Crippen LogP contribution is -2.37. The second-order valence-corrected chi connectivity index (χ2v) is 10.0. The number of rotatable bonds is 8. The van der Waals surface area contributed by atoms with Crippen LogP contribution in [0.25, 0.3) is 11.3 Å². The molecule has 11 heteroatoms. The fraction of sp³-hybridized carbons (Fsp3) is 0.393. The van der Waals surface area contributed by atoms with E-state index in [1.807, 2.05) is 36.0 Å². The number of nitrogens with one attached hydrogen (secondary N) is 1. The molecule has 3 heterocycles. The molecule has 1 atom stereocenters. The molecule has 208 valence electrons. The third kappa shape index (κ3) is 7.64. The van der Waals surface area contributed by atoms with E-state index in [1.165, 1.54) is 25.1 Å². The number of carbonyl (C=O) groups excluding carboxylic acids is 2. The molecule has 1 aromatic heterocycles. The molecular weight excluding hydrogens is 524 g/mol. The highest BCUT2D eigenvalue weighted by Crippen LogP contribution is 2.35. The summed E-state index contributed by atoms with van der Waals surface area (Å²) in [7, 11) is 3.86. The molecule has 3 aromatic rings. The minimum Gasteiger partial charge on any atom is -0.507 e. The normalized spacial score (nSPS) is 16.3. The summed E-state index contributed by atoms with van der Waals surface area (Å²) in [5.74, 6) is 0.273. The number of aromatic hydroxyl groups is 1. The molecule has 2 fully saturated rings. The summed E-state index contributed by atoms with van der Waals surface area (Å²) in [6.07, 6.45) is 6.17. The van der Waals surface area contributed by atoms with Crippen LogP contribution in [-0.4, -0.2) is 78.3 Å². The zero-order valence-corrected chi connectivity index (χ0v) is 22.8. The average molecular weight is 557 g/mol. The van der Waals surface area contributed by atoms with Crippen molar-refractivity contribution in [2.45, 2.75) is 31.8 Å². The number of phenolic OH excluding ortho intramolecular Hbond substituents is 1. The number of halogens is 1. The molecule has 39 heavy (non-hydrogen) atoms. The fourth-order valence-corrected chi connectivity index (χ4v) is 4.42. The van der Waals surface area contributed by atoms with Gasteiger partial charge in [-0.1, -0.05) is 23.7 Å². The van der Waals surface area contributed by atoms with Crippen LogP contribution in [-0.2, 0) is 11.3 Å². The lowest BCUT2D eigenvalue weighted by molar-refractivity contribution is 0.0946. The van der Waals surface area contributed by atoms with E-state index >= 15 is 0 Å². The molecule has 2 aliphatic heterocycles. The molecule has 0 bridgehead atoms. The zero-order chi connectivity index (χ0) is 27.8. The Morgan fingerprint density at radius 3 is 2.74 bits per heavy atom. The number of likely N-dealkylation sites (N-methyl/N-ethyl adjacent to an activating group) is 1. The first-order valence-electron chi connectivity index (χ1n) is 12.8. The maximum absolute atomic E-state index is 12.8. The van der Waals surface area contributed by atoms with Crippen molar-refractivity contribution in [3.05, 3.63) is 65.1 Å². The minimum atomic E-state index is -0.362. The monoisotopic (exact) mass is 556 g/mol. The van der Waals surface area contributed by atoms with E-state index in [-0.39, 0.29) is 23.3 Å². The van der Waals surface area contributed by atoms with Crippen molar-refractivity contribution in [3.8, 4) is 22.8 Å². The van der Waals surface area contributed by atoms with Gasteiger partial charge in [0, 0.05) is 24.7 Å². The van der Waals surface area contributed by atoms with Crippen LogP contribution < -0.4 is 10.1 Å². The SMILES string of the molecule is CN(C)CCOc1cc(-c2cnco2)c(O)cc1C(=O)NCc1ccc(Cl)cc1.O=C1OCC2CCCCN12. The molecule has 0 saturated carbocycles. The van der Waals surface area contributed by atoms with Crippen molar-refractivity contribution in [2.24, 2.45) is 0 Å². The van der Waals surface area contributed by atoms with Gasteiger partial charge in [0.05, 0.1) is 23.4 Å². The number of hydrogen-bond acceptors (Lipinski definition) is 8. The van der Waals surface area contributed by atoms with Crippen LogP contribution in [0.3, 0.4) is 0 Å². The summed E-state index contributed by atoms with van der Waals surface area (Å²) in [6, 6.07) is 10.6. The van der Waals surface area contributed by atoms with E-state index in [1.54, 1.807) is 18.2 Å². The number of aromatic nitrogens is 1. The predicted molar refractivity (Wildman–Crippen MR) is 146 cm³/mol. The molecule has 10 nitrogen and oxygen atoms in total. The first kappa shape index (κ1) is 28.3. The molecule has 0 aliphatic carbocycles. The third-order valence-electron chi connectivity index (χ3n) is 6.46. The Hall–Kier alpha value is -3.76. The number of hydrogen-bond donors (Lipinski definition) is 2. The number of carbonyl (C=O) groups is 2. The lowest BCUT2D eigenvalue weighted by atomic mass is 10.0. The second-order valence-electron chi connectivity index (χ2n) is 9.61. The number of amides is 2. The first-order valence-corrected chi connectivity index (χ1v) is 13.2. The van der Waals surface area contributed by atoms with Crippen molar-refractivity contribution in [1.29, 1.82) is 0 Å². The number of phenols is 1. The van der Waals surface area contributed by atoms with Crippen molar-refractivity contribution in [1.82, 2.24) is 20.1 Å². The summed E-state index contributed by atoms with van der Waals surface area (Å²) in [6.45, 7) is 2.90. The van der Waals surface area contributed by atoms with E-state index in [2.05, 4.69) is 10.3 Å². The first-order chi connectivity index (χ1) is 18.8. The van der Waals surface area contributed by atoms with E-state index in [9.17, 15) is 14.7 Å². The van der Waals surface area contributed by atoms with Gasteiger partial charge >= 0.3 is 6.09 Å². The number of cyclic esters (lactones) is 1. The highest BCUT2D eigenvalue weighted by molar-refractivity contribution is 6.30. The summed E-state index contributed by atoms with van der Waals surface area (Å²) in [4.78, 5) is 31.4. The van der Waals surface area contributed by atoms with Crippen LogP contribution in [0.15, 0.2) is 53.4 Å². The smallest absolute Gasteiger partial charge is 0.410 e. The molecule has 1 unspecified atom stereocenters. The lowest BCUT2D eigenvalue weighted by Gasteiger charge is -2.25. The van der Waals surface area contributed by atoms with Crippen molar-refractivity contribution in [3.63, 3.8) is 0 Å². The number of fused-ring (bicyclic) bond motifs is 1. The van der Waals surface area contributed by atoms with Gasteiger partial charge in [-0.3, -0.25) is 4.79 Å². The summed E-state index contributed by atoms with van der Waals surface area (Å²) >= 11 is 5.89. The van der Waals surface area contributed by atoms with Crippen LogP contribution in [0.5, 0.6) is 11.5 Å². The topological polar surface area (TPSA) is 117 Å². The molecule has 2 N–H and O–H groups in total. The molecule has 2 amide bonds. The Morgan fingerprint density at radius 1 is 1.26 bits per heavy atom. The largest absolute Gasteiger partial charge is 0.507 e. The van der Waals surface area contributed by atoms with Crippen molar-refractivity contribution in [2.75, 3.05) is 40.4 Å². The van der Waals surface area contributed by atoms with Gasteiger partial charge in [0.25, 0.3) is 5.91 Å². The number of benzene rings is 2. The van der Waals surface area contributed by atoms with E-state index in [0.717, 1.165) is 24.9 Å². The Morgan fingerprint density at radius 2 is 2.05 bits per heavy atom. The number of oxazole rings is 1. The fourth-order valence-electron chi connectivity index (χ4n) is 4.29. The van der Waals surface area contributed by atoms with Gasteiger partial charge in [0.1, 0.15) is 24.7 Å². The van der Waals surface area contributed by atoms with Gasteiger partial charge in [-0.15, -0.1) is 0 Å². The zero-order valence-electron chi connectivity index (χ0n) is 22.1. The highest BCUT2D eigenvalue weighted by Gasteiger charge is 2.34. The van der Waals surface area contributed by atoms with Crippen LogP contribution in [0.2, 0.25) is 5.02 Å². The van der Waals surface area contributed by atoms with Crippen LogP contribution in [0.1, 0.15) is 35.2 Å². The maximum Gasteiger partial charge on any atom is 0.410 e. The van der Waals surface area contributed by atoms with E-state index in [4.69, 9.17) is 25.5 Å². The second kappa shape index (κ2) is 13.3. The molecule has 2 aliphatic rings. The number of piperidine rings is 1. The van der Waals surface area contributed by atoms with Gasteiger partial charge in [-0.05, 0) is 63.2 Å².